The Morgan fingerprint density at radius 3 is 2.21 bits per heavy atom. The van der Waals surface area contributed by atoms with Crippen LogP contribution in [-0.2, 0) is 36.7 Å². The molecule has 2 aliphatic rings. The lowest BCUT2D eigenvalue weighted by Crippen LogP contribution is -2.39. The number of nitrogens with one attached hydrogen (secondary N) is 1. The fourth-order valence-electron chi connectivity index (χ4n) is 6.83. The second-order valence-corrected chi connectivity index (χ2v) is 12.5. The number of hydrogen-bond acceptors (Lipinski definition) is 7. The van der Waals surface area contributed by atoms with Gasteiger partial charge in [0.2, 0.25) is 5.91 Å². The summed E-state index contributed by atoms with van der Waals surface area (Å²) >= 11 is 0. The Balaban J connectivity index is 0.982. The van der Waals surface area contributed by atoms with E-state index in [0.717, 1.165) is 55.7 Å². The van der Waals surface area contributed by atoms with E-state index in [4.69, 9.17) is 18.9 Å². The molecule has 1 heterocycles. The van der Waals surface area contributed by atoms with E-state index in [1.807, 2.05) is 61.5 Å². The van der Waals surface area contributed by atoms with Crippen molar-refractivity contribution < 1.29 is 28.5 Å². The molecule has 2 amide bonds. The van der Waals surface area contributed by atoms with Crippen molar-refractivity contribution in [3.63, 3.8) is 0 Å². The molecule has 2 fully saturated rings. The molecule has 0 radical (unpaired) electrons. The Bertz CT molecular complexity index is 1400. The van der Waals surface area contributed by atoms with E-state index in [9.17, 15) is 9.59 Å². The van der Waals surface area contributed by atoms with Gasteiger partial charge in [0.25, 0.3) is 0 Å². The van der Waals surface area contributed by atoms with Crippen LogP contribution in [0.1, 0.15) is 37.3 Å². The number of para-hydroxylation sites is 1. The highest BCUT2D eigenvalue weighted by atomic mass is 16.7. The van der Waals surface area contributed by atoms with Crippen LogP contribution in [0.25, 0.3) is 11.1 Å². The number of ether oxygens (including phenoxy) is 4. The highest BCUT2D eigenvalue weighted by Gasteiger charge is 2.42. The number of fused-ring (bicyclic) bond motifs is 1. The molecule has 3 aromatic carbocycles. The lowest BCUT2D eigenvalue weighted by atomic mass is 10.0. The average molecular weight is 644 g/mol. The maximum absolute atomic E-state index is 12.8. The van der Waals surface area contributed by atoms with Crippen LogP contribution in [0.4, 0.5) is 10.5 Å². The van der Waals surface area contributed by atoms with Crippen molar-refractivity contribution in [3.05, 3.63) is 90.0 Å². The number of amides is 2. The maximum Gasteiger partial charge on any atom is 0.411 e. The van der Waals surface area contributed by atoms with Crippen LogP contribution in [0, 0.1) is 11.8 Å². The van der Waals surface area contributed by atoms with E-state index in [0.29, 0.717) is 44.6 Å². The number of anilines is 1. The SMILES string of the molecule is CCN(CC(OC)OC)C(=O)CCOCCc1ccc(CN2C[C@H]3C[C@H](OC(=O)Nc4ccccc4-c4ccccc4)C[C@H]3C2)cc1. The van der Waals surface area contributed by atoms with E-state index in [1.165, 1.54) is 11.1 Å². The Kier molecular flexibility index (Phi) is 12.8. The third-order valence-corrected chi connectivity index (χ3v) is 9.36. The number of hydrogen-bond donors (Lipinski definition) is 1. The van der Waals surface area contributed by atoms with Crippen molar-refractivity contribution in [2.75, 3.05) is 58.9 Å². The minimum absolute atomic E-state index is 0.0382. The number of nitrogens with zero attached hydrogens (tertiary/aromatic N) is 2. The van der Waals surface area contributed by atoms with Crippen molar-refractivity contribution in [2.24, 2.45) is 11.8 Å². The van der Waals surface area contributed by atoms with Crippen molar-refractivity contribution >= 4 is 17.7 Å². The van der Waals surface area contributed by atoms with Crippen LogP contribution in [0.3, 0.4) is 0 Å². The largest absolute Gasteiger partial charge is 0.446 e. The summed E-state index contributed by atoms with van der Waals surface area (Å²) in [6, 6.07) is 26.7. The Morgan fingerprint density at radius 1 is 0.872 bits per heavy atom. The third-order valence-electron chi connectivity index (χ3n) is 9.36. The summed E-state index contributed by atoms with van der Waals surface area (Å²) in [5, 5.41) is 2.98. The fourth-order valence-corrected chi connectivity index (χ4v) is 6.83. The van der Waals surface area contributed by atoms with Crippen LogP contribution < -0.4 is 5.32 Å². The summed E-state index contributed by atoms with van der Waals surface area (Å²) in [6.07, 6.45) is 2.13. The van der Waals surface area contributed by atoms with Gasteiger partial charge in [0.1, 0.15) is 6.10 Å². The Labute approximate surface area is 279 Å². The summed E-state index contributed by atoms with van der Waals surface area (Å²) in [5.41, 5.74) is 5.32. The molecule has 0 aromatic heterocycles. The van der Waals surface area contributed by atoms with E-state index < -0.39 is 6.29 Å². The number of carbonyl (C=O) groups is 2. The third kappa shape index (κ3) is 9.87. The van der Waals surface area contributed by atoms with Gasteiger partial charge in [-0.25, -0.2) is 4.79 Å². The fraction of sp³-hybridized carbons (Fsp3) is 0.474. The number of methoxy groups -OCH3 is 2. The Morgan fingerprint density at radius 2 is 1.53 bits per heavy atom. The molecule has 5 rings (SSSR count). The smallest absolute Gasteiger partial charge is 0.411 e. The molecule has 252 valence electrons. The van der Waals surface area contributed by atoms with Gasteiger partial charge in [-0.15, -0.1) is 0 Å². The first kappa shape index (κ1) is 34.6. The minimum atomic E-state index is -0.421. The molecule has 9 nitrogen and oxygen atoms in total. The van der Waals surface area contributed by atoms with Gasteiger partial charge in [-0.3, -0.25) is 15.0 Å². The van der Waals surface area contributed by atoms with Gasteiger partial charge >= 0.3 is 6.09 Å². The van der Waals surface area contributed by atoms with Gasteiger partial charge in [-0.1, -0.05) is 72.8 Å². The van der Waals surface area contributed by atoms with E-state index >= 15 is 0 Å². The predicted molar refractivity (Wildman–Crippen MR) is 183 cm³/mol. The summed E-state index contributed by atoms with van der Waals surface area (Å²) in [5.74, 6) is 1.15. The number of likely N-dealkylation sites (tertiary alicyclic amines) is 1. The first-order chi connectivity index (χ1) is 22.9. The molecule has 47 heavy (non-hydrogen) atoms. The van der Waals surface area contributed by atoms with Crippen LogP contribution >= 0.6 is 0 Å². The van der Waals surface area contributed by atoms with Crippen molar-refractivity contribution in [2.45, 2.75) is 51.5 Å². The lowest BCUT2D eigenvalue weighted by Gasteiger charge is -2.25. The average Bonchev–Trinajstić information content (AvgIpc) is 3.64. The zero-order valence-corrected chi connectivity index (χ0v) is 27.9. The first-order valence-corrected chi connectivity index (χ1v) is 16.8. The van der Waals surface area contributed by atoms with Crippen molar-refractivity contribution in [3.8, 4) is 11.1 Å². The first-order valence-electron chi connectivity index (χ1n) is 16.8. The molecule has 1 saturated carbocycles. The topological polar surface area (TPSA) is 89.6 Å². The normalized spacial score (nSPS) is 19.1. The Hall–Kier alpha value is -3.76. The number of carbonyl (C=O) groups excluding carboxylic acids is 2. The molecule has 9 heteroatoms. The van der Waals surface area contributed by atoms with Crippen molar-refractivity contribution in [1.29, 1.82) is 0 Å². The van der Waals surface area contributed by atoms with E-state index in [-0.39, 0.29) is 18.1 Å². The van der Waals surface area contributed by atoms with E-state index in [2.05, 4.69) is 34.5 Å². The van der Waals surface area contributed by atoms with Gasteiger partial charge in [0.15, 0.2) is 6.29 Å². The molecule has 0 bridgehead atoms. The molecular formula is C38H49N3O6. The van der Waals surface area contributed by atoms with Gasteiger partial charge in [0, 0.05) is 46.0 Å². The molecule has 1 aliphatic carbocycles. The lowest BCUT2D eigenvalue weighted by molar-refractivity contribution is -0.145. The molecule has 3 atom stereocenters. The minimum Gasteiger partial charge on any atom is -0.446 e. The van der Waals surface area contributed by atoms with Gasteiger partial charge in [-0.2, -0.15) is 0 Å². The van der Waals surface area contributed by atoms with Crippen LogP contribution in [0.2, 0.25) is 0 Å². The standard InChI is InChI=1S/C38H49N3O6/c1-4-41(27-37(44-2)45-3)36(42)19-21-46-20-18-28-14-16-29(17-15-28)24-40-25-31-22-33(23-32(31)26-40)47-38(43)39-35-13-9-8-12-34(35)30-10-6-5-7-11-30/h5-17,31-33,37H,4,18-27H2,1-3H3,(H,39,43)/t31-,32+,33+. The molecule has 3 aromatic rings. The molecule has 1 saturated heterocycles. The number of likely N-dealkylation sites (N-methyl/N-ethyl adjacent to an activating group) is 1. The van der Waals surface area contributed by atoms with Crippen molar-refractivity contribution in [1.82, 2.24) is 9.80 Å². The van der Waals surface area contributed by atoms with Gasteiger partial charge in [-0.05, 0) is 60.8 Å². The quantitative estimate of drug-likeness (QED) is 0.146. The molecule has 0 spiro atoms. The molecule has 1 N–H and O–H groups in total. The van der Waals surface area contributed by atoms with Gasteiger partial charge < -0.3 is 23.8 Å². The highest BCUT2D eigenvalue weighted by molar-refractivity contribution is 5.91. The van der Waals surface area contributed by atoms with Crippen LogP contribution in [-0.4, -0.2) is 87.8 Å². The molecular weight excluding hydrogens is 594 g/mol. The molecule has 0 unspecified atom stereocenters. The summed E-state index contributed by atoms with van der Waals surface area (Å²) in [4.78, 5) is 29.6. The number of rotatable bonds is 16. The zero-order chi connectivity index (χ0) is 33.0. The zero-order valence-electron chi connectivity index (χ0n) is 27.9. The summed E-state index contributed by atoms with van der Waals surface area (Å²) in [6.45, 7) is 6.92. The highest BCUT2D eigenvalue weighted by Crippen LogP contribution is 2.40. The van der Waals surface area contributed by atoms with Crippen LogP contribution in [0.15, 0.2) is 78.9 Å². The maximum atomic E-state index is 12.8. The van der Waals surface area contributed by atoms with E-state index in [1.54, 1.807) is 19.1 Å². The predicted octanol–water partition coefficient (Wildman–Crippen LogP) is 6.23. The van der Waals surface area contributed by atoms with Gasteiger partial charge in [0.05, 0.1) is 31.9 Å². The second kappa shape index (κ2) is 17.4. The van der Waals surface area contributed by atoms with Crippen LogP contribution in [0.5, 0.6) is 0 Å². The monoisotopic (exact) mass is 643 g/mol. The summed E-state index contributed by atoms with van der Waals surface area (Å²) in [7, 11) is 3.14. The second-order valence-electron chi connectivity index (χ2n) is 12.5. The molecule has 1 aliphatic heterocycles. The summed E-state index contributed by atoms with van der Waals surface area (Å²) < 4.78 is 22.1. The number of benzene rings is 3.